The van der Waals surface area contributed by atoms with E-state index < -0.39 is 5.41 Å². The number of nitrogens with zero attached hydrogens (tertiary/aromatic N) is 1. The molecular weight excluding hydrogens is 350 g/mol. The highest BCUT2D eigenvalue weighted by atomic mass is 16.5. The molecule has 1 saturated heterocycles. The molecule has 0 unspecified atom stereocenters. The molecule has 2 atom stereocenters. The zero-order chi connectivity index (χ0) is 19.6. The molecule has 2 aliphatic heterocycles. The predicted octanol–water partition coefficient (Wildman–Crippen LogP) is 1.86. The fourth-order valence-corrected chi connectivity index (χ4v) is 4.54. The van der Waals surface area contributed by atoms with E-state index >= 15 is 0 Å². The number of hydrogen-bond donors (Lipinski definition) is 1. The van der Waals surface area contributed by atoms with Gasteiger partial charge in [0.15, 0.2) is 11.5 Å². The van der Waals surface area contributed by atoms with Gasteiger partial charge in [0.25, 0.3) is 0 Å². The van der Waals surface area contributed by atoms with Gasteiger partial charge in [-0.15, -0.1) is 0 Å². The highest BCUT2D eigenvalue weighted by Crippen LogP contribution is 2.55. The molecule has 0 radical (unpaired) electrons. The number of aliphatic hydroxyl groups is 1. The van der Waals surface area contributed by atoms with Crippen LogP contribution in [0.25, 0.3) is 0 Å². The van der Waals surface area contributed by atoms with Crippen molar-refractivity contribution >= 4 is 11.9 Å². The number of ether oxygens (including phenoxy) is 3. The maximum Gasteiger partial charge on any atom is 0.314 e. The van der Waals surface area contributed by atoms with Crippen molar-refractivity contribution in [1.29, 1.82) is 0 Å². The van der Waals surface area contributed by atoms with Gasteiger partial charge in [-0.25, -0.2) is 0 Å². The third-order valence-corrected chi connectivity index (χ3v) is 5.81. The van der Waals surface area contributed by atoms with Crippen molar-refractivity contribution in [3.63, 3.8) is 0 Å². The van der Waals surface area contributed by atoms with Gasteiger partial charge in [0.2, 0.25) is 5.91 Å². The number of aliphatic hydroxyl groups excluding tert-OH is 1. The number of rotatable bonds is 7. The predicted molar refractivity (Wildman–Crippen MR) is 97.7 cm³/mol. The summed E-state index contributed by atoms with van der Waals surface area (Å²) in [6.45, 7) is 0.617. The molecule has 0 aromatic heterocycles. The largest absolute Gasteiger partial charge is 0.493 e. The summed E-state index contributed by atoms with van der Waals surface area (Å²) in [5.74, 6) is 0.809. The van der Waals surface area contributed by atoms with Crippen LogP contribution in [0.2, 0.25) is 0 Å². The standard InChI is InChI=1S/C20H27NO6/c1-25-15-10-13-6-8-21-17(23)12-20(19(24)27-3,7-4-5-9-22)18(21)14(13)11-16(15)26-2/h10-11,18,22H,4-9,12H2,1-3H3/t18-,20-/m1/s1. The third-order valence-electron chi connectivity index (χ3n) is 5.81. The lowest BCUT2D eigenvalue weighted by Gasteiger charge is -2.40. The van der Waals surface area contributed by atoms with Crippen molar-refractivity contribution in [3.8, 4) is 11.5 Å². The van der Waals surface area contributed by atoms with E-state index in [-0.39, 0.29) is 30.9 Å². The molecule has 148 valence electrons. The SMILES string of the molecule is COC(=O)[C@]1(CCCCO)CC(=O)N2CCc3cc(OC)c(OC)cc3[C@@H]21. The zero-order valence-corrected chi connectivity index (χ0v) is 16.1. The highest BCUT2D eigenvalue weighted by Gasteiger charge is 2.58. The Morgan fingerprint density at radius 3 is 2.56 bits per heavy atom. The summed E-state index contributed by atoms with van der Waals surface area (Å²) in [6.07, 6.45) is 2.54. The molecule has 0 aliphatic carbocycles. The number of methoxy groups -OCH3 is 3. The second-order valence-corrected chi connectivity index (χ2v) is 7.15. The van der Waals surface area contributed by atoms with Gasteiger partial charge >= 0.3 is 5.97 Å². The van der Waals surface area contributed by atoms with Crippen LogP contribution in [0, 0.1) is 5.41 Å². The number of carbonyl (C=O) groups is 2. The number of esters is 1. The van der Waals surface area contributed by atoms with Gasteiger partial charge in [-0.2, -0.15) is 0 Å². The summed E-state index contributed by atoms with van der Waals surface area (Å²) in [4.78, 5) is 27.5. The fraction of sp³-hybridized carbons (Fsp3) is 0.600. The molecule has 1 aromatic carbocycles. The molecule has 1 fully saturated rings. The van der Waals surface area contributed by atoms with E-state index in [4.69, 9.17) is 19.3 Å². The van der Waals surface area contributed by atoms with E-state index in [0.29, 0.717) is 43.7 Å². The fourth-order valence-electron chi connectivity index (χ4n) is 4.54. The molecule has 2 heterocycles. The van der Waals surface area contributed by atoms with Crippen LogP contribution in [0.1, 0.15) is 42.9 Å². The Hall–Kier alpha value is -2.28. The molecule has 1 amide bonds. The molecule has 3 rings (SSSR count). The first kappa shape index (κ1) is 19.5. The zero-order valence-electron chi connectivity index (χ0n) is 16.1. The van der Waals surface area contributed by atoms with Crippen LogP contribution in [0.5, 0.6) is 11.5 Å². The van der Waals surface area contributed by atoms with Gasteiger partial charge in [0.05, 0.1) is 27.4 Å². The van der Waals surface area contributed by atoms with E-state index in [1.54, 1.807) is 19.1 Å². The molecule has 27 heavy (non-hydrogen) atoms. The molecule has 0 saturated carbocycles. The van der Waals surface area contributed by atoms with Gasteiger partial charge in [-0.05, 0) is 48.9 Å². The lowest BCUT2D eigenvalue weighted by Crippen LogP contribution is -2.42. The number of hydrogen-bond acceptors (Lipinski definition) is 6. The summed E-state index contributed by atoms with van der Waals surface area (Å²) in [5, 5.41) is 9.16. The number of amides is 1. The Morgan fingerprint density at radius 1 is 1.22 bits per heavy atom. The van der Waals surface area contributed by atoms with E-state index in [1.807, 2.05) is 12.1 Å². The summed E-state index contributed by atoms with van der Waals surface area (Å²) >= 11 is 0. The summed E-state index contributed by atoms with van der Waals surface area (Å²) < 4.78 is 16.0. The molecule has 0 bridgehead atoms. The van der Waals surface area contributed by atoms with Gasteiger partial charge < -0.3 is 24.2 Å². The third kappa shape index (κ3) is 3.14. The van der Waals surface area contributed by atoms with E-state index in [0.717, 1.165) is 11.1 Å². The van der Waals surface area contributed by atoms with Crippen LogP contribution in [-0.2, 0) is 20.7 Å². The van der Waals surface area contributed by atoms with Crippen molar-refractivity contribution in [2.45, 2.75) is 38.1 Å². The molecule has 7 nitrogen and oxygen atoms in total. The van der Waals surface area contributed by atoms with Crippen LogP contribution in [0.3, 0.4) is 0 Å². The molecule has 1 N–H and O–H groups in total. The Balaban J connectivity index is 2.12. The Morgan fingerprint density at radius 2 is 1.93 bits per heavy atom. The van der Waals surface area contributed by atoms with Gasteiger partial charge in [0, 0.05) is 19.6 Å². The molecule has 2 aliphatic rings. The first-order valence-electron chi connectivity index (χ1n) is 9.26. The Labute approximate surface area is 159 Å². The second-order valence-electron chi connectivity index (χ2n) is 7.15. The monoisotopic (exact) mass is 377 g/mol. The Kier molecular flexibility index (Phi) is 5.60. The van der Waals surface area contributed by atoms with Crippen LogP contribution >= 0.6 is 0 Å². The minimum absolute atomic E-state index is 0.0326. The average molecular weight is 377 g/mol. The normalized spacial score (nSPS) is 23.6. The first-order valence-corrected chi connectivity index (χ1v) is 9.26. The molecule has 0 spiro atoms. The quantitative estimate of drug-likeness (QED) is 0.577. The van der Waals surface area contributed by atoms with Crippen molar-refractivity contribution < 1.29 is 28.9 Å². The van der Waals surface area contributed by atoms with Crippen LogP contribution in [0.4, 0.5) is 0 Å². The molecular formula is C20H27NO6. The Bertz CT molecular complexity index is 733. The summed E-state index contributed by atoms with van der Waals surface area (Å²) in [7, 11) is 4.52. The van der Waals surface area contributed by atoms with E-state index in [2.05, 4.69) is 0 Å². The average Bonchev–Trinajstić information content (AvgIpc) is 2.99. The maximum absolute atomic E-state index is 12.9. The maximum atomic E-state index is 12.9. The topological polar surface area (TPSA) is 85.3 Å². The van der Waals surface area contributed by atoms with Crippen molar-refractivity contribution in [1.82, 2.24) is 4.90 Å². The van der Waals surface area contributed by atoms with E-state index in [9.17, 15) is 9.59 Å². The minimum atomic E-state index is -0.949. The first-order chi connectivity index (χ1) is 13.0. The number of benzene rings is 1. The van der Waals surface area contributed by atoms with Gasteiger partial charge in [0.1, 0.15) is 5.41 Å². The van der Waals surface area contributed by atoms with Crippen molar-refractivity contribution in [3.05, 3.63) is 23.3 Å². The second kappa shape index (κ2) is 7.76. The molecule has 1 aromatic rings. The summed E-state index contributed by atoms with van der Waals surface area (Å²) in [6, 6.07) is 3.43. The highest BCUT2D eigenvalue weighted by molar-refractivity contribution is 5.91. The number of fused-ring (bicyclic) bond motifs is 3. The lowest BCUT2D eigenvalue weighted by atomic mass is 9.71. The molecule has 7 heteroatoms. The minimum Gasteiger partial charge on any atom is -0.493 e. The number of carbonyl (C=O) groups excluding carboxylic acids is 2. The van der Waals surface area contributed by atoms with Gasteiger partial charge in [-0.3, -0.25) is 9.59 Å². The summed E-state index contributed by atoms with van der Waals surface area (Å²) in [5.41, 5.74) is 1.02. The van der Waals surface area contributed by atoms with Crippen LogP contribution in [0.15, 0.2) is 12.1 Å². The van der Waals surface area contributed by atoms with Crippen LogP contribution in [-0.4, -0.2) is 56.4 Å². The number of unbranched alkanes of at least 4 members (excludes halogenated alkanes) is 1. The lowest BCUT2D eigenvalue weighted by molar-refractivity contribution is -0.155. The van der Waals surface area contributed by atoms with Crippen LogP contribution < -0.4 is 9.47 Å². The van der Waals surface area contributed by atoms with Crippen molar-refractivity contribution in [2.75, 3.05) is 34.5 Å². The van der Waals surface area contributed by atoms with Gasteiger partial charge in [-0.1, -0.05) is 0 Å². The van der Waals surface area contributed by atoms with Crippen molar-refractivity contribution in [2.24, 2.45) is 5.41 Å². The smallest absolute Gasteiger partial charge is 0.314 e. The van der Waals surface area contributed by atoms with E-state index in [1.165, 1.54) is 7.11 Å².